The van der Waals surface area contributed by atoms with Gasteiger partial charge in [-0.05, 0) is 18.2 Å². The summed E-state index contributed by atoms with van der Waals surface area (Å²) in [4.78, 5) is 15.6. The number of methoxy groups -OCH3 is 1. The molecule has 0 aliphatic heterocycles. The van der Waals surface area contributed by atoms with Crippen LogP contribution in [0.5, 0.6) is 17.2 Å². The zero-order chi connectivity index (χ0) is 16.2. The van der Waals surface area contributed by atoms with Crippen molar-refractivity contribution in [1.29, 1.82) is 0 Å². The molecule has 0 atom stereocenters. The summed E-state index contributed by atoms with van der Waals surface area (Å²) in [6.07, 6.45) is 1.70. The van der Waals surface area contributed by atoms with E-state index in [0.29, 0.717) is 22.9 Å². The molecule has 23 heavy (non-hydrogen) atoms. The monoisotopic (exact) mass is 308 g/mol. The number of nitrogens with zero attached hydrogens (tertiary/aromatic N) is 1. The lowest BCUT2D eigenvalue weighted by molar-refractivity contribution is -0.114. The van der Waals surface area contributed by atoms with E-state index in [9.17, 15) is 4.79 Å². The van der Waals surface area contributed by atoms with Gasteiger partial charge in [-0.2, -0.15) is 0 Å². The molecule has 0 fully saturated rings. The first-order valence-corrected chi connectivity index (χ1v) is 7.14. The molecule has 0 saturated heterocycles. The molecule has 3 rings (SSSR count). The van der Waals surface area contributed by atoms with Gasteiger partial charge in [-0.15, -0.1) is 0 Å². The molecule has 0 spiro atoms. The Hall–Kier alpha value is -3.08. The van der Waals surface area contributed by atoms with Gasteiger partial charge in [0, 0.05) is 42.4 Å². The SMILES string of the molecule is COc1cc(NC(C)=O)cc(Oc2ccnc3ccccc23)c1. The van der Waals surface area contributed by atoms with E-state index in [1.54, 1.807) is 37.6 Å². The molecular formula is C18H16N2O3. The average molecular weight is 308 g/mol. The number of aromatic nitrogens is 1. The van der Waals surface area contributed by atoms with Crippen LogP contribution < -0.4 is 14.8 Å². The molecule has 1 N–H and O–H groups in total. The van der Waals surface area contributed by atoms with E-state index in [2.05, 4.69) is 10.3 Å². The Morgan fingerprint density at radius 3 is 2.65 bits per heavy atom. The quantitative estimate of drug-likeness (QED) is 0.791. The molecule has 2 aromatic carbocycles. The van der Waals surface area contributed by atoms with E-state index >= 15 is 0 Å². The molecule has 5 nitrogen and oxygen atoms in total. The van der Waals surface area contributed by atoms with Gasteiger partial charge in [0.2, 0.25) is 5.91 Å². The summed E-state index contributed by atoms with van der Waals surface area (Å²) in [5.74, 6) is 1.71. The van der Waals surface area contributed by atoms with Crippen LogP contribution in [0.4, 0.5) is 5.69 Å². The number of fused-ring (bicyclic) bond motifs is 1. The third-order valence-corrected chi connectivity index (χ3v) is 3.27. The van der Waals surface area contributed by atoms with Crippen molar-refractivity contribution in [3.8, 4) is 17.2 Å². The summed E-state index contributed by atoms with van der Waals surface area (Å²) >= 11 is 0. The number of benzene rings is 2. The lowest BCUT2D eigenvalue weighted by atomic mass is 10.2. The standard InChI is InChI=1S/C18H16N2O3/c1-12(21)20-13-9-14(22-2)11-15(10-13)23-18-7-8-19-17-6-4-3-5-16(17)18/h3-11H,1-2H3,(H,20,21). The number of para-hydroxylation sites is 1. The lowest BCUT2D eigenvalue weighted by Gasteiger charge is -2.12. The zero-order valence-electron chi connectivity index (χ0n) is 12.9. The minimum absolute atomic E-state index is 0.154. The lowest BCUT2D eigenvalue weighted by Crippen LogP contribution is -2.06. The van der Waals surface area contributed by atoms with E-state index in [1.165, 1.54) is 6.92 Å². The molecule has 1 aromatic heterocycles. The van der Waals surface area contributed by atoms with Gasteiger partial charge in [-0.1, -0.05) is 12.1 Å². The molecular weight excluding hydrogens is 292 g/mol. The molecule has 116 valence electrons. The van der Waals surface area contributed by atoms with Crippen LogP contribution >= 0.6 is 0 Å². The van der Waals surface area contributed by atoms with Gasteiger partial charge >= 0.3 is 0 Å². The van der Waals surface area contributed by atoms with Crippen molar-refractivity contribution in [3.05, 3.63) is 54.7 Å². The molecule has 5 heteroatoms. The Morgan fingerprint density at radius 2 is 1.87 bits per heavy atom. The highest BCUT2D eigenvalue weighted by atomic mass is 16.5. The van der Waals surface area contributed by atoms with Crippen molar-refractivity contribution < 1.29 is 14.3 Å². The minimum atomic E-state index is -0.154. The second kappa shape index (κ2) is 6.36. The molecule has 1 heterocycles. The maximum atomic E-state index is 11.3. The zero-order valence-corrected chi connectivity index (χ0v) is 12.9. The maximum absolute atomic E-state index is 11.3. The van der Waals surface area contributed by atoms with Crippen molar-refractivity contribution in [3.63, 3.8) is 0 Å². The minimum Gasteiger partial charge on any atom is -0.497 e. The van der Waals surface area contributed by atoms with Crippen LogP contribution in [0.2, 0.25) is 0 Å². The van der Waals surface area contributed by atoms with Gasteiger partial charge in [-0.3, -0.25) is 9.78 Å². The summed E-state index contributed by atoms with van der Waals surface area (Å²) in [6.45, 7) is 1.45. The van der Waals surface area contributed by atoms with E-state index in [4.69, 9.17) is 9.47 Å². The Kier molecular flexibility index (Phi) is 4.10. The Bertz CT molecular complexity index is 857. The summed E-state index contributed by atoms with van der Waals surface area (Å²) in [5, 5.41) is 3.65. The maximum Gasteiger partial charge on any atom is 0.221 e. The number of carbonyl (C=O) groups is 1. The van der Waals surface area contributed by atoms with Crippen LogP contribution in [0.1, 0.15) is 6.92 Å². The van der Waals surface area contributed by atoms with Gasteiger partial charge in [0.1, 0.15) is 17.2 Å². The highest BCUT2D eigenvalue weighted by Gasteiger charge is 2.08. The number of ether oxygens (including phenoxy) is 2. The van der Waals surface area contributed by atoms with Crippen molar-refractivity contribution in [2.75, 3.05) is 12.4 Å². The van der Waals surface area contributed by atoms with Crippen molar-refractivity contribution in [2.45, 2.75) is 6.92 Å². The molecule has 0 saturated carbocycles. The number of carbonyl (C=O) groups excluding carboxylic acids is 1. The van der Waals surface area contributed by atoms with Gasteiger partial charge in [-0.25, -0.2) is 0 Å². The average Bonchev–Trinajstić information content (AvgIpc) is 2.54. The van der Waals surface area contributed by atoms with Crippen molar-refractivity contribution in [1.82, 2.24) is 4.98 Å². The fourth-order valence-corrected chi connectivity index (χ4v) is 2.31. The summed E-state index contributed by atoms with van der Waals surface area (Å²) in [6, 6.07) is 14.8. The second-order valence-electron chi connectivity index (χ2n) is 5.01. The Balaban J connectivity index is 1.99. The first-order valence-electron chi connectivity index (χ1n) is 7.14. The number of hydrogen-bond acceptors (Lipinski definition) is 4. The van der Waals surface area contributed by atoms with Crippen LogP contribution in [-0.2, 0) is 4.79 Å². The fraction of sp³-hybridized carbons (Fsp3) is 0.111. The summed E-state index contributed by atoms with van der Waals surface area (Å²) < 4.78 is 11.2. The van der Waals surface area contributed by atoms with Crippen LogP contribution in [-0.4, -0.2) is 18.0 Å². The van der Waals surface area contributed by atoms with Gasteiger partial charge < -0.3 is 14.8 Å². The number of amides is 1. The van der Waals surface area contributed by atoms with Crippen LogP contribution in [0.3, 0.4) is 0 Å². The molecule has 0 aliphatic carbocycles. The molecule has 1 amide bonds. The molecule has 0 unspecified atom stereocenters. The van der Waals surface area contributed by atoms with Crippen molar-refractivity contribution >= 4 is 22.5 Å². The van der Waals surface area contributed by atoms with Crippen LogP contribution in [0.25, 0.3) is 10.9 Å². The van der Waals surface area contributed by atoms with Crippen LogP contribution in [0, 0.1) is 0 Å². The highest BCUT2D eigenvalue weighted by Crippen LogP contribution is 2.32. The predicted molar refractivity (Wildman–Crippen MR) is 89.1 cm³/mol. The molecule has 0 aliphatic rings. The van der Waals surface area contributed by atoms with E-state index in [0.717, 1.165) is 10.9 Å². The first-order chi connectivity index (χ1) is 11.2. The van der Waals surface area contributed by atoms with E-state index in [1.807, 2.05) is 24.3 Å². The smallest absolute Gasteiger partial charge is 0.221 e. The normalized spacial score (nSPS) is 10.3. The van der Waals surface area contributed by atoms with E-state index in [-0.39, 0.29) is 5.91 Å². The molecule has 0 bridgehead atoms. The number of anilines is 1. The highest BCUT2D eigenvalue weighted by molar-refractivity contribution is 5.89. The molecule has 0 radical (unpaired) electrons. The number of nitrogens with one attached hydrogen (secondary N) is 1. The first kappa shape index (κ1) is 14.8. The molecule has 3 aromatic rings. The number of pyridine rings is 1. The van der Waals surface area contributed by atoms with Crippen molar-refractivity contribution in [2.24, 2.45) is 0 Å². The third-order valence-electron chi connectivity index (χ3n) is 3.27. The Labute approximate surface area is 133 Å². The number of rotatable bonds is 4. The second-order valence-corrected chi connectivity index (χ2v) is 5.01. The third kappa shape index (κ3) is 3.40. The van der Waals surface area contributed by atoms with Gasteiger partial charge in [0.05, 0.1) is 12.6 Å². The van der Waals surface area contributed by atoms with Crippen LogP contribution in [0.15, 0.2) is 54.7 Å². The fourth-order valence-electron chi connectivity index (χ4n) is 2.31. The largest absolute Gasteiger partial charge is 0.497 e. The number of hydrogen-bond donors (Lipinski definition) is 1. The summed E-state index contributed by atoms with van der Waals surface area (Å²) in [7, 11) is 1.57. The predicted octanol–water partition coefficient (Wildman–Crippen LogP) is 3.99. The topological polar surface area (TPSA) is 60.5 Å². The van der Waals surface area contributed by atoms with Gasteiger partial charge in [0.15, 0.2) is 0 Å². The Morgan fingerprint density at radius 1 is 1.09 bits per heavy atom. The van der Waals surface area contributed by atoms with Gasteiger partial charge in [0.25, 0.3) is 0 Å². The van der Waals surface area contributed by atoms with E-state index < -0.39 is 0 Å². The summed E-state index contributed by atoms with van der Waals surface area (Å²) in [5.41, 5.74) is 1.47.